The Labute approximate surface area is 121 Å². The molecule has 0 saturated carbocycles. The van der Waals surface area contributed by atoms with Crippen molar-refractivity contribution in [3.8, 4) is 0 Å². The van der Waals surface area contributed by atoms with Gasteiger partial charge in [0.25, 0.3) is 0 Å². The zero-order chi connectivity index (χ0) is 14.1. The molecule has 0 amide bonds. The first kappa shape index (κ1) is 14.9. The maximum absolute atomic E-state index is 10.7. The SMILES string of the molecule is CSc1ccc(C2(C(C)(C)O)CCN(C)CC2)cc1. The summed E-state index contributed by atoms with van der Waals surface area (Å²) in [5.74, 6) is 0. The van der Waals surface area contributed by atoms with Gasteiger partial charge in [0.05, 0.1) is 5.60 Å². The first-order valence-corrected chi connectivity index (χ1v) is 8.17. The number of aliphatic hydroxyl groups is 1. The number of nitrogens with zero attached hydrogens (tertiary/aromatic N) is 1. The average Bonchev–Trinajstić information content (AvgIpc) is 2.39. The Morgan fingerprint density at radius 1 is 1.16 bits per heavy atom. The highest BCUT2D eigenvalue weighted by Crippen LogP contribution is 2.44. The van der Waals surface area contributed by atoms with Gasteiger partial charge in [0.2, 0.25) is 0 Å². The summed E-state index contributed by atoms with van der Waals surface area (Å²) in [4.78, 5) is 3.63. The van der Waals surface area contributed by atoms with Crippen LogP contribution in [0.25, 0.3) is 0 Å². The fraction of sp³-hybridized carbons (Fsp3) is 0.625. The molecule has 106 valence electrons. The van der Waals surface area contributed by atoms with Gasteiger partial charge in [-0.3, -0.25) is 0 Å². The van der Waals surface area contributed by atoms with Crippen LogP contribution in [0.5, 0.6) is 0 Å². The predicted octanol–water partition coefficient (Wildman–Crippen LogP) is 3.14. The van der Waals surface area contributed by atoms with Gasteiger partial charge in [-0.05, 0) is 70.8 Å². The minimum absolute atomic E-state index is 0.115. The van der Waals surface area contributed by atoms with Crippen molar-refractivity contribution in [2.24, 2.45) is 0 Å². The van der Waals surface area contributed by atoms with E-state index in [1.165, 1.54) is 10.5 Å². The molecule has 1 heterocycles. The second-order valence-corrected chi connectivity index (χ2v) is 7.05. The van der Waals surface area contributed by atoms with Crippen molar-refractivity contribution in [2.75, 3.05) is 26.4 Å². The molecule has 0 radical (unpaired) electrons. The smallest absolute Gasteiger partial charge is 0.0688 e. The molecule has 1 N–H and O–H groups in total. The third kappa shape index (κ3) is 2.83. The first-order chi connectivity index (χ1) is 8.89. The number of hydrogen-bond acceptors (Lipinski definition) is 3. The average molecular weight is 279 g/mol. The van der Waals surface area contributed by atoms with E-state index < -0.39 is 5.60 Å². The van der Waals surface area contributed by atoms with E-state index in [4.69, 9.17) is 0 Å². The monoisotopic (exact) mass is 279 g/mol. The molecule has 0 aromatic heterocycles. The van der Waals surface area contributed by atoms with E-state index >= 15 is 0 Å². The topological polar surface area (TPSA) is 23.5 Å². The maximum atomic E-state index is 10.7. The highest BCUT2D eigenvalue weighted by atomic mass is 32.2. The van der Waals surface area contributed by atoms with Gasteiger partial charge in [-0.15, -0.1) is 11.8 Å². The second kappa shape index (κ2) is 5.47. The van der Waals surface area contributed by atoms with Crippen LogP contribution in [0.4, 0.5) is 0 Å². The van der Waals surface area contributed by atoms with E-state index in [2.05, 4.69) is 42.5 Å². The van der Waals surface area contributed by atoms with E-state index in [0.717, 1.165) is 25.9 Å². The number of rotatable bonds is 3. The number of hydrogen-bond donors (Lipinski definition) is 1. The van der Waals surface area contributed by atoms with Crippen molar-refractivity contribution in [1.29, 1.82) is 0 Å². The van der Waals surface area contributed by atoms with Crippen LogP contribution in [0.1, 0.15) is 32.3 Å². The Hall–Kier alpha value is -0.510. The highest BCUT2D eigenvalue weighted by molar-refractivity contribution is 7.98. The Bertz CT molecular complexity index is 413. The van der Waals surface area contributed by atoms with E-state index in [9.17, 15) is 5.11 Å². The molecule has 1 aromatic rings. The normalized spacial score (nSPS) is 20.5. The lowest BCUT2D eigenvalue weighted by Crippen LogP contribution is -2.53. The van der Waals surface area contributed by atoms with Crippen molar-refractivity contribution < 1.29 is 5.11 Å². The minimum Gasteiger partial charge on any atom is -0.390 e. The molecule has 0 bridgehead atoms. The van der Waals surface area contributed by atoms with Crippen LogP contribution in [0.15, 0.2) is 29.2 Å². The van der Waals surface area contributed by atoms with Gasteiger partial charge in [0.1, 0.15) is 0 Å². The molecule has 1 fully saturated rings. The fourth-order valence-corrected chi connectivity index (χ4v) is 3.57. The lowest BCUT2D eigenvalue weighted by Gasteiger charge is -2.48. The lowest BCUT2D eigenvalue weighted by molar-refractivity contribution is -0.0362. The van der Waals surface area contributed by atoms with Crippen LogP contribution in [0, 0.1) is 0 Å². The molecular formula is C16H25NOS. The quantitative estimate of drug-likeness (QED) is 0.860. The van der Waals surface area contributed by atoms with E-state index in [1.54, 1.807) is 11.8 Å². The summed E-state index contributed by atoms with van der Waals surface area (Å²) in [6, 6.07) is 8.75. The van der Waals surface area contributed by atoms with Gasteiger partial charge >= 0.3 is 0 Å². The van der Waals surface area contributed by atoms with Gasteiger partial charge < -0.3 is 10.0 Å². The Kier molecular flexibility index (Phi) is 4.29. The third-order valence-electron chi connectivity index (χ3n) is 4.65. The molecule has 1 aliphatic heterocycles. The van der Waals surface area contributed by atoms with E-state index in [-0.39, 0.29) is 5.41 Å². The van der Waals surface area contributed by atoms with Crippen molar-refractivity contribution in [2.45, 2.75) is 42.6 Å². The summed E-state index contributed by atoms with van der Waals surface area (Å²) < 4.78 is 0. The zero-order valence-electron chi connectivity index (χ0n) is 12.4. The van der Waals surface area contributed by atoms with Crippen LogP contribution in [-0.2, 0) is 5.41 Å². The van der Waals surface area contributed by atoms with Crippen molar-refractivity contribution in [1.82, 2.24) is 4.90 Å². The van der Waals surface area contributed by atoms with Crippen LogP contribution in [-0.4, -0.2) is 42.0 Å². The molecule has 0 spiro atoms. The molecular weight excluding hydrogens is 254 g/mol. The first-order valence-electron chi connectivity index (χ1n) is 6.94. The molecule has 0 aliphatic carbocycles. The predicted molar refractivity (Wildman–Crippen MR) is 82.9 cm³/mol. The lowest BCUT2D eigenvalue weighted by atomic mass is 9.63. The Morgan fingerprint density at radius 3 is 2.11 bits per heavy atom. The molecule has 19 heavy (non-hydrogen) atoms. The van der Waals surface area contributed by atoms with Crippen LogP contribution < -0.4 is 0 Å². The van der Waals surface area contributed by atoms with Crippen molar-refractivity contribution in [3.05, 3.63) is 29.8 Å². The van der Waals surface area contributed by atoms with Gasteiger partial charge in [-0.25, -0.2) is 0 Å². The minimum atomic E-state index is -0.685. The summed E-state index contributed by atoms with van der Waals surface area (Å²) in [5, 5.41) is 10.7. The standard InChI is InChI=1S/C16H25NOS/c1-15(2,18)16(9-11-17(3)12-10-16)13-5-7-14(19-4)8-6-13/h5-8,18H,9-12H2,1-4H3. The summed E-state index contributed by atoms with van der Waals surface area (Å²) in [7, 11) is 2.16. The fourth-order valence-electron chi connectivity index (χ4n) is 3.16. The van der Waals surface area contributed by atoms with E-state index in [1.807, 2.05) is 13.8 Å². The van der Waals surface area contributed by atoms with Crippen molar-refractivity contribution in [3.63, 3.8) is 0 Å². The maximum Gasteiger partial charge on any atom is 0.0688 e. The van der Waals surface area contributed by atoms with Gasteiger partial charge in [0, 0.05) is 10.3 Å². The zero-order valence-corrected chi connectivity index (χ0v) is 13.3. The summed E-state index contributed by atoms with van der Waals surface area (Å²) in [5.41, 5.74) is 0.483. The van der Waals surface area contributed by atoms with Gasteiger partial charge in [-0.2, -0.15) is 0 Å². The third-order valence-corrected chi connectivity index (χ3v) is 5.40. The number of benzene rings is 1. The van der Waals surface area contributed by atoms with Crippen molar-refractivity contribution >= 4 is 11.8 Å². The Morgan fingerprint density at radius 2 is 1.68 bits per heavy atom. The molecule has 2 nitrogen and oxygen atoms in total. The highest BCUT2D eigenvalue weighted by Gasteiger charge is 2.46. The van der Waals surface area contributed by atoms with Crippen LogP contribution >= 0.6 is 11.8 Å². The van der Waals surface area contributed by atoms with Crippen LogP contribution in [0.3, 0.4) is 0 Å². The molecule has 1 aromatic carbocycles. The number of piperidine rings is 1. The molecule has 0 atom stereocenters. The molecule has 0 unspecified atom stereocenters. The molecule has 3 heteroatoms. The largest absolute Gasteiger partial charge is 0.390 e. The molecule has 1 aliphatic rings. The molecule has 2 rings (SSSR count). The van der Waals surface area contributed by atoms with Gasteiger partial charge in [0.15, 0.2) is 0 Å². The molecule has 1 saturated heterocycles. The number of thioether (sulfide) groups is 1. The second-order valence-electron chi connectivity index (χ2n) is 6.17. The summed E-state index contributed by atoms with van der Waals surface area (Å²) >= 11 is 1.76. The Balaban J connectivity index is 2.37. The van der Waals surface area contributed by atoms with Crippen LogP contribution in [0.2, 0.25) is 0 Å². The van der Waals surface area contributed by atoms with Gasteiger partial charge in [-0.1, -0.05) is 12.1 Å². The summed E-state index contributed by atoms with van der Waals surface area (Å²) in [6.07, 6.45) is 4.13. The van der Waals surface area contributed by atoms with E-state index in [0.29, 0.717) is 0 Å². The summed E-state index contributed by atoms with van der Waals surface area (Å²) in [6.45, 7) is 6.02. The number of likely N-dealkylation sites (tertiary alicyclic amines) is 1.